The maximum absolute atomic E-state index is 11.6. The topological polar surface area (TPSA) is 158 Å². The zero-order chi connectivity index (χ0) is 25.1. The molecule has 0 rings (SSSR count). The van der Waals surface area contributed by atoms with E-state index >= 15 is 0 Å². The standard InChI is InChI=1S/C17H38O13P2S/c1-17(2,3)30-32(20,21)28-15-13-26-11-9-24-7-5-22-4-6-23-8-10-25-12-14-27-31(18,19)29-16-33/h33H,4-16H2,1-3H3,(H,18,19)(H,20,21). The quantitative estimate of drug-likeness (QED) is 0.0743. The van der Waals surface area contributed by atoms with Crippen molar-refractivity contribution in [1.82, 2.24) is 0 Å². The molecule has 0 amide bonds. The Bertz CT molecular complexity index is 562. The Kier molecular flexibility index (Phi) is 19.8. The summed E-state index contributed by atoms with van der Waals surface area (Å²) in [5.41, 5.74) is -0.781. The van der Waals surface area contributed by atoms with Crippen molar-refractivity contribution < 1.29 is 60.7 Å². The van der Waals surface area contributed by atoms with E-state index in [1.54, 1.807) is 20.8 Å². The monoisotopic (exact) mass is 544 g/mol. The van der Waals surface area contributed by atoms with Gasteiger partial charge in [-0.2, -0.15) is 12.6 Å². The Morgan fingerprint density at radius 1 is 0.576 bits per heavy atom. The van der Waals surface area contributed by atoms with Crippen LogP contribution in [0.25, 0.3) is 0 Å². The first kappa shape index (κ1) is 33.4. The molecular weight excluding hydrogens is 506 g/mol. The fourth-order valence-electron chi connectivity index (χ4n) is 1.89. The van der Waals surface area contributed by atoms with Gasteiger partial charge in [-0.15, -0.1) is 0 Å². The molecule has 0 aromatic carbocycles. The van der Waals surface area contributed by atoms with E-state index in [4.69, 9.17) is 37.6 Å². The third kappa shape index (κ3) is 25.3. The number of phosphoric acid groups is 2. The molecule has 2 N–H and O–H groups in total. The lowest BCUT2D eigenvalue weighted by atomic mass is 10.2. The van der Waals surface area contributed by atoms with Gasteiger partial charge in [-0.1, -0.05) is 0 Å². The highest BCUT2D eigenvalue weighted by atomic mass is 32.1. The van der Waals surface area contributed by atoms with Crippen LogP contribution >= 0.6 is 28.3 Å². The first-order valence-corrected chi connectivity index (χ1v) is 13.9. The van der Waals surface area contributed by atoms with Crippen LogP contribution in [0, 0.1) is 0 Å². The van der Waals surface area contributed by atoms with E-state index in [9.17, 15) is 14.0 Å². The second kappa shape index (κ2) is 19.5. The summed E-state index contributed by atoms with van der Waals surface area (Å²) in [4.78, 5) is 18.6. The summed E-state index contributed by atoms with van der Waals surface area (Å²) < 4.78 is 68.0. The molecule has 0 heterocycles. The highest BCUT2D eigenvalue weighted by Crippen LogP contribution is 2.46. The van der Waals surface area contributed by atoms with Gasteiger partial charge in [0.05, 0.1) is 84.9 Å². The predicted octanol–water partition coefficient (Wildman–Crippen LogP) is 2.02. The molecule has 0 aliphatic rings. The van der Waals surface area contributed by atoms with Gasteiger partial charge in [0.2, 0.25) is 0 Å². The number of rotatable bonds is 23. The summed E-state index contributed by atoms with van der Waals surface area (Å²) in [6.45, 7) is 7.96. The van der Waals surface area contributed by atoms with Crippen molar-refractivity contribution in [2.75, 3.05) is 85.2 Å². The third-order valence-electron chi connectivity index (χ3n) is 3.06. The predicted molar refractivity (Wildman–Crippen MR) is 121 cm³/mol. The molecule has 2 unspecified atom stereocenters. The molecule has 16 heteroatoms. The van der Waals surface area contributed by atoms with E-state index in [2.05, 4.69) is 21.7 Å². The average Bonchev–Trinajstić information content (AvgIpc) is 2.67. The number of hydrogen-bond acceptors (Lipinski definition) is 12. The zero-order valence-corrected chi connectivity index (χ0v) is 22.1. The lowest BCUT2D eigenvalue weighted by Gasteiger charge is -2.22. The van der Waals surface area contributed by atoms with Crippen LogP contribution in [0.3, 0.4) is 0 Å². The van der Waals surface area contributed by atoms with Gasteiger partial charge >= 0.3 is 15.6 Å². The molecule has 2 atom stereocenters. The molecule has 0 bridgehead atoms. The van der Waals surface area contributed by atoms with Gasteiger partial charge in [-0.05, 0) is 20.8 Å². The van der Waals surface area contributed by atoms with E-state index in [-0.39, 0.29) is 32.4 Å². The molecule has 0 fully saturated rings. The lowest BCUT2D eigenvalue weighted by molar-refractivity contribution is -0.0162. The number of hydrogen-bond donors (Lipinski definition) is 3. The second-order valence-electron chi connectivity index (χ2n) is 7.13. The van der Waals surface area contributed by atoms with Crippen molar-refractivity contribution in [3.05, 3.63) is 0 Å². The van der Waals surface area contributed by atoms with Gasteiger partial charge in [0.1, 0.15) is 5.94 Å². The fourth-order valence-corrected chi connectivity index (χ4v) is 3.90. The first-order chi connectivity index (χ1) is 15.5. The Morgan fingerprint density at radius 2 is 0.879 bits per heavy atom. The summed E-state index contributed by atoms with van der Waals surface area (Å²) in [5, 5.41) is 0. The summed E-state index contributed by atoms with van der Waals surface area (Å²) in [6, 6.07) is 0. The zero-order valence-electron chi connectivity index (χ0n) is 19.4. The van der Waals surface area contributed by atoms with Crippen molar-refractivity contribution in [1.29, 1.82) is 0 Å². The van der Waals surface area contributed by atoms with Gasteiger partial charge in [0.25, 0.3) is 0 Å². The van der Waals surface area contributed by atoms with E-state index in [1.165, 1.54) is 0 Å². The molecule has 0 saturated heterocycles. The second-order valence-corrected chi connectivity index (χ2v) is 10.2. The Labute approximate surface area is 200 Å². The van der Waals surface area contributed by atoms with Crippen LogP contribution < -0.4 is 0 Å². The molecule has 0 saturated carbocycles. The maximum atomic E-state index is 11.6. The molecule has 0 aromatic rings. The van der Waals surface area contributed by atoms with Crippen molar-refractivity contribution in [3.63, 3.8) is 0 Å². The molecule has 200 valence electrons. The molecule has 0 aromatic heterocycles. The van der Waals surface area contributed by atoms with Crippen LogP contribution in [0.15, 0.2) is 0 Å². The summed E-state index contributed by atoms with van der Waals surface area (Å²) in [7, 11) is -8.13. The molecular formula is C17H38O13P2S. The normalized spacial score (nSPS) is 15.9. The van der Waals surface area contributed by atoms with Crippen LogP contribution in [0.1, 0.15) is 20.8 Å². The van der Waals surface area contributed by atoms with Gasteiger partial charge in [0, 0.05) is 0 Å². The van der Waals surface area contributed by atoms with Gasteiger partial charge in [-0.25, -0.2) is 9.13 Å². The van der Waals surface area contributed by atoms with E-state index in [0.29, 0.717) is 52.9 Å². The number of ether oxygens (including phenoxy) is 5. The Morgan fingerprint density at radius 3 is 1.18 bits per heavy atom. The van der Waals surface area contributed by atoms with Crippen molar-refractivity contribution in [2.24, 2.45) is 0 Å². The van der Waals surface area contributed by atoms with Crippen LogP contribution in [0.4, 0.5) is 0 Å². The van der Waals surface area contributed by atoms with E-state index in [0.717, 1.165) is 0 Å². The van der Waals surface area contributed by atoms with Crippen molar-refractivity contribution >= 4 is 28.3 Å². The summed E-state index contributed by atoms with van der Waals surface area (Å²) in [6.07, 6.45) is 0. The minimum Gasteiger partial charge on any atom is -0.377 e. The highest BCUT2D eigenvalue weighted by Gasteiger charge is 2.28. The summed E-state index contributed by atoms with van der Waals surface area (Å²) in [5.74, 6) is -0.215. The van der Waals surface area contributed by atoms with Crippen LogP contribution in [0.5, 0.6) is 0 Å². The van der Waals surface area contributed by atoms with Crippen molar-refractivity contribution in [2.45, 2.75) is 26.4 Å². The molecule has 33 heavy (non-hydrogen) atoms. The largest absolute Gasteiger partial charge is 0.473 e. The Hall–Kier alpha value is 0.370. The average molecular weight is 544 g/mol. The van der Waals surface area contributed by atoms with E-state index in [1.807, 2.05) is 0 Å². The van der Waals surface area contributed by atoms with Crippen LogP contribution in [-0.4, -0.2) is 101 Å². The number of thiol groups is 1. The molecule has 0 aliphatic heterocycles. The number of phosphoric ester groups is 2. The molecule has 0 spiro atoms. The maximum Gasteiger partial charge on any atom is 0.473 e. The van der Waals surface area contributed by atoms with Crippen molar-refractivity contribution in [3.8, 4) is 0 Å². The SMILES string of the molecule is CC(C)(C)OP(=O)(O)OCCOCCOCCOCCOCCOCCOP(=O)(O)OCS. The minimum atomic E-state index is -4.09. The van der Waals surface area contributed by atoms with Gasteiger partial charge < -0.3 is 33.5 Å². The lowest BCUT2D eigenvalue weighted by Crippen LogP contribution is -2.19. The van der Waals surface area contributed by atoms with Crippen LogP contribution in [-0.2, 0) is 50.9 Å². The highest BCUT2D eigenvalue weighted by molar-refractivity contribution is 7.80. The fraction of sp³-hybridized carbons (Fsp3) is 1.00. The molecule has 13 nitrogen and oxygen atoms in total. The molecule has 0 aliphatic carbocycles. The van der Waals surface area contributed by atoms with Gasteiger partial charge in [0.15, 0.2) is 0 Å². The minimum absolute atomic E-state index is 0.0676. The first-order valence-electron chi connectivity index (χ1n) is 10.3. The Balaban J connectivity index is 3.29. The van der Waals surface area contributed by atoms with E-state index < -0.39 is 21.2 Å². The smallest absolute Gasteiger partial charge is 0.377 e. The third-order valence-corrected chi connectivity index (χ3v) is 5.65. The van der Waals surface area contributed by atoms with Crippen LogP contribution in [0.2, 0.25) is 0 Å². The molecule has 0 radical (unpaired) electrons. The summed E-state index contributed by atoms with van der Waals surface area (Å²) >= 11 is 3.67. The van der Waals surface area contributed by atoms with Gasteiger partial charge in [-0.3, -0.25) is 18.1 Å².